The van der Waals surface area contributed by atoms with Gasteiger partial charge < -0.3 is 43.2 Å². The van der Waals surface area contributed by atoms with Crippen LogP contribution in [0.25, 0.3) is 0 Å². The van der Waals surface area contributed by atoms with Gasteiger partial charge in [0.05, 0.1) is 37.4 Å². The van der Waals surface area contributed by atoms with Crippen molar-refractivity contribution in [3.05, 3.63) is 0 Å². The Bertz CT molecular complexity index is 1420. The van der Waals surface area contributed by atoms with Crippen molar-refractivity contribution < 1.29 is 71.5 Å². The number of halogens is 1. The number of hydrogen-bond donors (Lipinski definition) is 1. The lowest BCUT2D eigenvalue weighted by molar-refractivity contribution is -0.210. The first kappa shape index (κ1) is 56.9. The van der Waals surface area contributed by atoms with E-state index in [0.29, 0.717) is 18.2 Å². The zero-order chi connectivity index (χ0) is 46.5. The molecule has 0 saturated carbocycles. The average Bonchev–Trinajstić information content (AvgIpc) is 3.23. The van der Waals surface area contributed by atoms with Gasteiger partial charge in [0, 0.05) is 12.4 Å². The maximum absolute atomic E-state index is 14.1. The van der Waals surface area contributed by atoms with Crippen LogP contribution in [-0.2, 0) is 66.7 Å². The van der Waals surface area contributed by atoms with Crippen LogP contribution >= 0.6 is 15.9 Å². The molecule has 0 aliphatic heterocycles. The van der Waals surface area contributed by atoms with E-state index in [4.69, 9.17) is 37.9 Å². The fraction of sp³-hybridized carbons (Fsp3) is 0.837. The van der Waals surface area contributed by atoms with E-state index in [0.717, 1.165) is 6.42 Å². The Hall–Kier alpha value is -3.15. The molecule has 0 fully saturated rings. The third kappa shape index (κ3) is 16.0. The fourth-order valence-electron chi connectivity index (χ4n) is 6.09. The molecule has 0 aromatic carbocycles. The third-order valence-electron chi connectivity index (χ3n) is 11.3. The summed E-state index contributed by atoms with van der Waals surface area (Å²) in [4.78, 5) is 91.8. The highest BCUT2D eigenvalue weighted by Crippen LogP contribution is 2.45. The molecular weight excluding hydrogens is 850 g/mol. The number of carbonyl (C=O) groups is 7. The lowest BCUT2D eigenvalue weighted by Gasteiger charge is -2.47. The summed E-state index contributed by atoms with van der Waals surface area (Å²) >= 11 is 3.30. The molecule has 0 rings (SSSR count). The van der Waals surface area contributed by atoms with Gasteiger partial charge in [-0.1, -0.05) is 57.0 Å². The number of amides is 1. The van der Waals surface area contributed by atoms with Crippen LogP contribution in [0.5, 0.6) is 0 Å². The van der Waals surface area contributed by atoms with E-state index in [1.54, 1.807) is 27.7 Å². The van der Waals surface area contributed by atoms with Crippen LogP contribution in [0, 0.1) is 16.2 Å². The van der Waals surface area contributed by atoms with Gasteiger partial charge in [0.2, 0.25) is 5.78 Å². The van der Waals surface area contributed by atoms with Gasteiger partial charge in [-0.3, -0.25) is 24.0 Å². The number of nitrogens with one attached hydrogen (secondary N) is 1. The number of unbranched alkanes of at least 4 members (excludes halogenated alkanes) is 1. The predicted octanol–water partition coefficient (Wildman–Crippen LogP) is 6.63. The van der Waals surface area contributed by atoms with Crippen molar-refractivity contribution >= 4 is 57.5 Å². The molecule has 0 aromatic rings. The first-order valence-corrected chi connectivity index (χ1v) is 22.1. The summed E-state index contributed by atoms with van der Waals surface area (Å²) in [6.45, 7) is 20.0. The summed E-state index contributed by atoms with van der Waals surface area (Å²) in [5.74, 6) is -3.70. The van der Waals surface area contributed by atoms with Crippen molar-refractivity contribution in [2.45, 2.75) is 164 Å². The Balaban J connectivity index is 6.22. The van der Waals surface area contributed by atoms with Gasteiger partial charge in [-0.05, 0) is 93.9 Å². The number of esters is 4. The van der Waals surface area contributed by atoms with E-state index >= 15 is 0 Å². The van der Waals surface area contributed by atoms with Crippen molar-refractivity contribution in [2.24, 2.45) is 16.2 Å². The number of ketones is 2. The third-order valence-corrected chi connectivity index (χ3v) is 11.9. The molecule has 348 valence electrons. The van der Waals surface area contributed by atoms with Crippen molar-refractivity contribution in [2.75, 3.05) is 52.0 Å². The van der Waals surface area contributed by atoms with Crippen LogP contribution in [-0.4, -0.2) is 123 Å². The van der Waals surface area contributed by atoms with Gasteiger partial charge in [0.1, 0.15) is 35.7 Å². The number of Topliss-reactive ketones (excluding diaryl/α,β-unsaturated/α-hetero) is 2. The smallest absolute Gasteiger partial charge is 0.406 e. The van der Waals surface area contributed by atoms with Gasteiger partial charge in [-0.2, -0.15) is 0 Å². The van der Waals surface area contributed by atoms with E-state index in [1.807, 2.05) is 20.8 Å². The van der Waals surface area contributed by atoms with Gasteiger partial charge in [-0.15, -0.1) is 0 Å². The average molecular weight is 925 g/mol. The van der Waals surface area contributed by atoms with E-state index < -0.39 is 88.1 Å². The molecule has 1 amide bonds. The Labute approximate surface area is 366 Å². The molecular formula is C43H74BrNO15. The number of rotatable bonds is 31. The Morgan fingerprint density at radius 3 is 1.63 bits per heavy atom. The summed E-state index contributed by atoms with van der Waals surface area (Å²) in [6.07, 6.45) is -1.27. The van der Waals surface area contributed by atoms with Crippen LogP contribution in [0.3, 0.4) is 0 Å². The van der Waals surface area contributed by atoms with Gasteiger partial charge >= 0.3 is 30.0 Å². The van der Waals surface area contributed by atoms with Gasteiger partial charge in [0.15, 0.2) is 18.0 Å². The molecule has 0 radical (unpaired) electrons. The summed E-state index contributed by atoms with van der Waals surface area (Å²) in [5, 5.41) is 2.93. The zero-order valence-electron chi connectivity index (χ0n) is 38.6. The molecule has 7 unspecified atom stereocenters. The van der Waals surface area contributed by atoms with E-state index in [1.165, 1.54) is 48.6 Å². The van der Waals surface area contributed by atoms with Crippen LogP contribution in [0.1, 0.15) is 135 Å². The zero-order valence-corrected chi connectivity index (χ0v) is 40.2. The second kappa shape index (κ2) is 26.4. The van der Waals surface area contributed by atoms with Crippen LogP contribution in [0.15, 0.2) is 0 Å². The van der Waals surface area contributed by atoms with Crippen LogP contribution in [0.4, 0.5) is 4.79 Å². The number of carbonyl (C=O) groups excluding carboxylic acids is 7. The molecule has 0 aliphatic rings. The number of ether oxygens (including phenoxy) is 8. The molecule has 0 saturated heterocycles. The highest BCUT2D eigenvalue weighted by molar-refractivity contribution is 9.09. The molecule has 0 aromatic heterocycles. The quantitative estimate of drug-likeness (QED) is 0.0335. The molecule has 60 heavy (non-hydrogen) atoms. The molecule has 17 heteroatoms. The first-order chi connectivity index (χ1) is 27.9. The molecule has 0 aliphatic carbocycles. The minimum Gasteiger partial charge on any atom is -0.465 e. The minimum absolute atomic E-state index is 0.124. The van der Waals surface area contributed by atoms with E-state index in [9.17, 15) is 33.6 Å². The maximum Gasteiger partial charge on any atom is 0.406 e. The molecule has 1 N–H and O–H groups in total. The van der Waals surface area contributed by atoms with Crippen LogP contribution in [0.2, 0.25) is 0 Å². The Morgan fingerprint density at radius 2 is 1.17 bits per heavy atom. The molecule has 0 heterocycles. The second-order valence-electron chi connectivity index (χ2n) is 16.2. The largest absolute Gasteiger partial charge is 0.465 e. The topological polar surface area (TPSA) is 205 Å². The normalized spacial score (nSPS) is 17.2. The number of hydrogen-bond acceptors (Lipinski definition) is 15. The molecule has 0 bridgehead atoms. The fourth-order valence-corrected chi connectivity index (χ4v) is 6.32. The minimum atomic E-state index is -1.53. The predicted molar refractivity (Wildman–Crippen MR) is 226 cm³/mol. The first-order valence-electron chi connectivity index (χ1n) is 21.0. The second-order valence-corrected chi connectivity index (χ2v) is 17.0. The number of alkyl halides is 1. The molecule has 7 atom stereocenters. The van der Waals surface area contributed by atoms with Gasteiger partial charge in [-0.25, -0.2) is 9.59 Å². The maximum atomic E-state index is 14.1. The van der Waals surface area contributed by atoms with Crippen molar-refractivity contribution in [3.63, 3.8) is 0 Å². The molecule has 16 nitrogen and oxygen atoms in total. The Kier molecular flexibility index (Phi) is 25.0. The van der Waals surface area contributed by atoms with Crippen molar-refractivity contribution in [3.8, 4) is 0 Å². The van der Waals surface area contributed by atoms with Crippen molar-refractivity contribution in [1.29, 1.82) is 0 Å². The standard InChI is InChI=1S/C43H74BrNO15/c1-15-20-23-53-36(50)40(11,27-57-38(52)45-14)28-58-42(13,17-3)33(47)31(8)59-34(48)32(9)60-43(18-4,19-5)41(12,16-2)37(51)56-26-39(10,25-55-30(7)29(6)46)35(49)54-24-21-22-44/h30-32H,15-28H2,1-14H3,(H,45,52). The highest BCUT2D eigenvalue weighted by atomic mass is 79.9. The summed E-state index contributed by atoms with van der Waals surface area (Å²) in [7, 11) is 1.38. The van der Waals surface area contributed by atoms with E-state index in [-0.39, 0.29) is 64.5 Å². The SMILES string of the molecule is CCCCOC(=O)C(C)(COC(=O)NC)COC(C)(CC)C(=O)C(C)OC(=O)C(C)OC(CC)(CC)C(C)(CC)C(=O)OCC(C)(COC(C)C(C)=O)C(=O)OCCCBr. The monoisotopic (exact) mass is 923 g/mol. The lowest BCUT2D eigenvalue weighted by Crippen LogP contribution is -2.56. The summed E-state index contributed by atoms with van der Waals surface area (Å²) in [6, 6.07) is 0. The lowest BCUT2D eigenvalue weighted by atomic mass is 9.68. The Morgan fingerprint density at radius 1 is 0.633 bits per heavy atom. The summed E-state index contributed by atoms with van der Waals surface area (Å²) in [5.41, 5.74) is -7.07. The highest BCUT2D eigenvalue weighted by Gasteiger charge is 2.54. The van der Waals surface area contributed by atoms with E-state index in [2.05, 4.69) is 21.2 Å². The van der Waals surface area contributed by atoms with Crippen molar-refractivity contribution in [1.82, 2.24) is 5.32 Å². The van der Waals surface area contributed by atoms with Gasteiger partial charge in [0.25, 0.3) is 0 Å². The summed E-state index contributed by atoms with van der Waals surface area (Å²) < 4.78 is 45.8. The van der Waals surface area contributed by atoms with Crippen LogP contribution < -0.4 is 5.32 Å². The molecule has 0 spiro atoms. The number of alkyl carbamates (subject to hydrolysis) is 1.